The van der Waals surface area contributed by atoms with Crippen LogP contribution < -0.4 is 0 Å². The van der Waals surface area contributed by atoms with Crippen molar-refractivity contribution in [1.29, 1.82) is 0 Å². The van der Waals surface area contributed by atoms with Crippen molar-refractivity contribution in [3.8, 4) is 0 Å². The summed E-state index contributed by atoms with van der Waals surface area (Å²) < 4.78 is 8.24. The molecule has 0 amide bonds. The maximum absolute atomic E-state index is 11.9. The molecule has 1 aromatic heterocycles. The second kappa shape index (κ2) is 10.4. The first-order chi connectivity index (χ1) is 19.1. The van der Waals surface area contributed by atoms with Gasteiger partial charge in [-0.25, -0.2) is 0 Å². The fraction of sp³-hybridized carbons (Fsp3) is 0.265. The minimum atomic E-state index is -1.41. The van der Waals surface area contributed by atoms with Crippen LogP contribution in [0.5, 0.6) is 0 Å². The molecule has 0 saturated carbocycles. The van der Waals surface area contributed by atoms with Gasteiger partial charge in [0.25, 0.3) is 0 Å². The highest BCUT2D eigenvalue weighted by Crippen LogP contribution is 2.42. The predicted octanol–water partition coefficient (Wildman–Crippen LogP) is 6.15. The zero-order chi connectivity index (χ0) is 26.9. The van der Waals surface area contributed by atoms with Gasteiger partial charge < -0.3 is 9.84 Å². The molecular formula is C34H35N3O2. The van der Waals surface area contributed by atoms with Gasteiger partial charge in [0.2, 0.25) is 5.79 Å². The van der Waals surface area contributed by atoms with Gasteiger partial charge in [0.1, 0.15) is 5.54 Å². The fourth-order valence-corrected chi connectivity index (χ4v) is 6.08. The zero-order valence-corrected chi connectivity index (χ0v) is 22.6. The van der Waals surface area contributed by atoms with Crippen LogP contribution in [0.2, 0.25) is 0 Å². The quantitative estimate of drug-likeness (QED) is 0.263. The SMILES string of the molecule is CCCN1CC(O)(c2cccc3nn(C(c4ccccc4)(c4ccccc4)c4ccccc4)cc23)OC[C@@H]1C. The molecule has 0 bridgehead atoms. The number of morpholine rings is 1. The summed E-state index contributed by atoms with van der Waals surface area (Å²) in [6.45, 7) is 6.14. The Morgan fingerprint density at radius 3 is 1.95 bits per heavy atom. The van der Waals surface area contributed by atoms with E-state index < -0.39 is 11.3 Å². The Bertz CT molecular complexity index is 1440. The van der Waals surface area contributed by atoms with E-state index in [1.54, 1.807) is 0 Å². The number of nitrogens with zero attached hydrogens (tertiary/aromatic N) is 3. The maximum Gasteiger partial charge on any atom is 0.206 e. The number of hydrogen-bond acceptors (Lipinski definition) is 4. The number of aromatic nitrogens is 2. The molecule has 1 saturated heterocycles. The van der Waals surface area contributed by atoms with Crippen LogP contribution in [0.4, 0.5) is 0 Å². The molecule has 0 aliphatic carbocycles. The molecule has 39 heavy (non-hydrogen) atoms. The number of ether oxygens (including phenoxy) is 1. The number of rotatable bonds is 7. The Hall–Kier alpha value is -3.77. The third-order valence-electron chi connectivity index (χ3n) is 8.00. The second-order valence-corrected chi connectivity index (χ2v) is 10.5. The lowest BCUT2D eigenvalue weighted by Gasteiger charge is -2.43. The highest BCUT2D eigenvalue weighted by atomic mass is 16.6. The molecule has 1 aliphatic heterocycles. The van der Waals surface area contributed by atoms with Crippen LogP contribution in [0.25, 0.3) is 10.9 Å². The second-order valence-electron chi connectivity index (χ2n) is 10.5. The van der Waals surface area contributed by atoms with Crippen molar-refractivity contribution < 1.29 is 9.84 Å². The smallest absolute Gasteiger partial charge is 0.206 e. The summed E-state index contributed by atoms with van der Waals surface area (Å²) >= 11 is 0. The van der Waals surface area contributed by atoms with Crippen molar-refractivity contribution in [2.24, 2.45) is 0 Å². The minimum Gasteiger partial charge on any atom is -0.361 e. The van der Waals surface area contributed by atoms with Crippen molar-refractivity contribution in [3.63, 3.8) is 0 Å². The molecule has 1 N–H and O–H groups in total. The highest BCUT2D eigenvalue weighted by Gasteiger charge is 2.42. The van der Waals surface area contributed by atoms with Crippen LogP contribution in [0, 0.1) is 0 Å². The maximum atomic E-state index is 11.9. The molecule has 4 aromatic carbocycles. The summed E-state index contributed by atoms with van der Waals surface area (Å²) in [4.78, 5) is 2.31. The molecule has 6 rings (SSSR count). The average Bonchev–Trinajstić information content (AvgIpc) is 3.42. The van der Waals surface area contributed by atoms with Crippen molar-refractivity contribution in [2.45, 2.75) is 37.6 Å². The van der Waals surface area contributed by atoms with E-state index in [1.807, 2.05) is 36.4 Å². The standard InChI is InChI=1S/C34H35N3O2/c1-3-22-36-25-33(38,39-24-26(36)2)31-20-13-21-32-30(31)23-37(35-32)34(27-14-7-4-8-15-27,28-16-9-5-10-17-28)29-18-11-6-12-19-29/h4-21,23,26,38H,3,22,24-25H2,1-2H3/t26-,33?/m0/s1. The first kappa shape index (κ1) is 25.5. The van der Waals surface area contributed by atoms with Crippen molar-refractivity contribution in [2.75, 3.05) is 19.7 Å². The lowest BCUT2D eigenvalue weighted by molar-refractivity contribution is -0.258. The molecule has 0 radical (unpaired) electrons. The molecule has 5 aromatic rings. The molecule has 1 fully saturated rings. The number of aliphatic hydroxyl groups is 1. The van der Waals surface area contributed by atoms with Crippen molar-refractivity contribution in [3.05, 3.63) is 138 Å². The van der Waals surface area contributed by atoms with Gasteiger partial charge in [-0.1, -0.05) is 110 Å². The summed E-state index contributed by atoms with van der Waals surface area (Å²) in [5.74, 6) is -1.41. The number of benzene rings is 4. The summed E-state index contributed by atoms with van der Waals surface area (Å²) in [6, 6.07) is 37.8. The van der Waals surface area contributed by atoms with Crippen LogP contribution in [0.3, 0.4) is 0 Å². The Kier molecular flexibility index (Phi) is 6.81. The third-order valence-corrected chi connectivity index (χ3v) is 8.00. The fourth-order valence-electron chi connectivity index (χ4n) is 6.08. The number of hydrogen-bond donors (Lipinski definition) is 1. The van der Waals surface area contributed by atoms with Gasteiger partial charge in [0.15, 0.2) is 0 Å². The van der Waals surface area contributed by atoms with Gasteiger partial charge in [-0.05, 0) is 42.6 Å². The first-order valence-corrected chi connectivity index (χ1v) is 13.8. The molecule has 5 nitrogen and oxygen atoms in total. The Balaban J connectivity index is 1.60. The van der Waals surface area contributed by atoms with Crippen LogP contribution in [-0.4, -0.2) is 45.5 Å². The average molecular weight is 518 g/mol. The molecule has 0 spiro atoms. The summed E-state index contributed by atoms with van der Waals surface area (Å²) in [6.07, 6.45) is 3.11. The number of fused-ring (bicyclic) bond motifs is 1. The first-order valence-electron chi connectivity index (χ1n) is 13.8. The molecule has 2 heterocycles. The zero-order valence-electron chi connectivity index (χ0n) is 22.6. The minimum absolute atomic E-state index is 0.258. The van der Waals surface area contributed by atoms with Gasteiger partial charge >= 0.3 is 0 Å². The topological polar surface area (TPSA) is 50.5 Å². The monoisotopic (exact) mass is 517 g/mol. The van der Waals surface area contributed by atoms with Gasteiger partial charge in [-0.2, -0.15) is 5.10 Å². The van der Waals surface area contributed by atoms with Crippen LogP contribution in [0.1, 0.15) is 42.5 Å². The summed E-state index contributed by atoms with van der Waals surface area (Å²) in [7, 11) is 0. The van der Waals surface area contributed by atoms with E-state index in [0.717, 1.165) is 46.1 Å². The van der Waals surface area contributed by atoms with E-state index in [9.17, 15) is 5.11 Å². The third kappa shape index (κ3) is 4.37. The highest BCUT2D eigenvalue weighted by molar-refractivity contribution is 5.83. The largest absolute Gasteiger partial charge is 0.361 e. The lowest BCUT2D eigenvalue weighted by atomic mass is 9.77. The predicted molar refractivity (Wildman–Crippen MR) is 156 cm³/mol. The molecule has 1 unspecified atom stereocenters. The van der Waals surface area contributed by atoms with Gasteiger partial charge in [-0.3, -0.25) is 9.58 Å². The van der Waals surface area contributed by atoms with Gasteiger partial charge in [0.05, 0.1) is 18.7 Å². The van der Waals surface area contributed by atoms with E-state index in [-0.39, 0.29) is 6.04 Å². The molecule has 1 aliphatic rings. The molecule has 198 valence electrons. The Labute approximate surface area is 230 Å². The normalized spacial score (nSPS) is 20.3. The molecule has 5 heteroatoms. The Morgan fingerprint density at radius 2 is 1.41 bits per heavy atom. The Morgan fingerprint density at radius 1 is 0.846 bits per heavy atom. The van der Waals surface area contributed by atoms with E-state index in [2.05, 4.69) is 102 Å². The van der Waals surface area contributed by atoms with E-state index in [4.69, 9.17) is 9.84 Å². The van der Waals surface area contributed by atoms with E-state index in [0.29, 0.717) is 13.2 Å². The molecule has 2 atom stereocenters. The van der Waals surface area contributed by atoms with Crippen LogP contribution in [-0.2, 0) is 16.1 Å². The van der Waals surface area contributed by atoms with Gasteiger partial charge in [0, 0.05) is 23.2 Å². The van der Waals surface area contributed by atoms with E-state index >= 15 is 0 Å². The lowest BCUT2D eigenvalue weighted by Crippen LogP contribution is -2.54. The van der Waals surface area contributed by atoms with Crippen molar-refractivity contribution in [1.82, 2.24) is 14.7 Å². The van der Waals surface area contributed by atoms with Gasteiger partial charge in [-0.15, -0.1) is 0 Å². The van der Waals surface area contributed by atoms with E-state index in [1.165, 1.54) is 0 Å². The van der Waals surface area contributed by atoms with Crippen molar-refractivity contribution >= 4 is 10.9 Å². The summed E-state index contributed by atoms with van der Waals surface area (Å²) in [5.41, 5.74) is 4.16. The number of β-amino-alcohol motifs (C(OH)–C–C–N with tert-alkyl or cyclic N) is 1. The van der Waals surface area contributed by atoms with Crippen LogP contribution >= 0.6 is 0 Å². The van der Waals surface area contributed by atoms with Crippen LogP contribution in [0.15, 0.2) is 115 Å². The molecular weight excluding hydrogens is 482 g/mol. The summed E-state index contributed by atoms with van der Waals surface area (Å²) in [5, 5.41) is 18.0.